The molecule has 20 heavy (non-hydrogen) atoms. The Morgan fingerprint density at radius 1 is 1.40 bits per heavy atom. The van der Waals surface area contributed by atoms with Crippen molar-refractivity contribution < 1.29 is 18.4 Å². The van der Waals surface area contributed by atoms with Gasteiger partial charge >= 0.3 is 5.97 Å². The van der Waals surface area contributed by atoms with Crippen LogP contribution in [0.5, 0.6) is 0 Å². The maximum atomic E-state index is 13.6. The van der Waals surface area contributed by atoms with Crippen LogP contribution in [0.25, 0.3) is 11.4 Å². The third-order valence-corrected chi connectivity index (χ3v) is 2.86. The molecule has 0 unspecified atom stereocenters. The molecule has 0 saturated carbocycles. The van der Waals surface area contributed by atoms with E-state index in [1.165, 1.54) is 6.07 Å². The van der Waals surface area contributed by atoms with Gasteiger partial charge in [-0.3, -0.25) is 4.79 Å². The summed E-state index contributed by atoms with van der Waals surface area (Å²) in [5, 5.41) is 3.72. The molecule has 0 bridgehead atoms. The Bertz CT molecular complexity index is 622. The van der Waals surface area contributed by atoms with Crippen molar-refractivity contribution in [1.29, 1.82) is 0 Å². The molecular weight excluding hydrogens is 263 g/mol. The summed E-state index contributed by atoms with van der Waals surface area (Å²) in [6, 6.07) is 6.09. The van der Waals surface area contributed by atoms with E-state index in [-0.39, 0.29) is 23.9 Å². The number of rotatable bonds is 4. The van der Waals surface area contributed by atoms with Gasteiger partial charge in [-0.1, -0.05) is 17.3 Å². The highest BCUT2D eigenvalue weighted by atomic mass is 19.1. The highest BCUT2D eigenvalue weighted by Gasteiger charge is 2.37. The van der Waals surface area contributed by atoms with Crippen LogP contribution >= 0.6 is 0 Å². The zero-order chi connectivity index (χ0) is 14.8. The number of halogens is 1. The topological polar surface area (TPSA) is 65.2 Å². The smallest absolute Gasteiger partial charge is 0.321 e. The van der Waals surface area contributed by atoms with Gasteiger partial charge in [0.1, 0.15) is 11.2 Å². The molecule has 5 nitrogen and oxygen atoms in total. The molecule has 6 heteroatoms. The lowest BCUT2D eigenvalue weighted by Crippen LogP contribution is -2.31. The summed E-state index contributed by atoms with van der Waals surface area (Å²) >= 11 is 0. The molecule has 2 rings (SSSR count). The molecule has 1 heterocycles. The molecule has 0 spiro atoms. The van der Waals surface area contributed by atoms with E-state index in [1.54, 1.807) is 39.0 Å². The fourth-order valence-corrected chi connectivity index (χ4v) is 1.63. The first-order valence-corrected chi connectivity index (χ1v) is 6.23. The Labute approximate surface area is 115 Å². The van der Waals surface area contributed by atoms with E-state index in [9.17, 15) is 9.18 Å². The number of carbonyl (C=O) groups is 1. The molecule has 0 aliphatic heterocycles. The Balaban J connectivity index is 2.34. The van der Waals surface area contributed by atoms with Crippen molar-refractivity contribution in [2.24, 2.45) is 0 Å². The minimum Gasteiger partial charge on any atom is -0.465 e. The van der Waals surface area contributed by atoms with Crippen LogP contribution in [-0.2, 0) is 14.9 Å². The Hall–Kier alpha value is -2.24. The molecule has 1 aromatic carbocycles. The Kier molecular flexibility index (Phi) is 3.83. The van der Waals surface area contributed by atoms with Gasteiger partial charge in [0.25, 0.3) is 0 Å². The summed E-state index contributed by atoms with van der Waals surface area (Å²) in [5.74, 6) is -0.720. The molecule has 0 radical (unpaired) electrons. The van der Waals surface area contributed by atoms with Gasteiger partial charge in [0.05, 0.1) is 12.2 Å². The average Bonchev–Trinajstić information content (AvgIpc) is 2.89. The van der Waals surface area contributed by atoms with Gasteiger partial charge in [0.15, 0.2) is 0 Å². The number of esters is 1. The Morgan fingerprint density at radius 3 is 2.75 bits per heavy atom. The number of carbonyl (C=O) groups excluding carboxylic acids is 1. The molecule has 106 valence electrons. The summed E-state index contributed by atoms with van der Waals surface area (Å²) in [7, 11) is 0. The van der Waals surface area contributed by atoms with Crippen molar-refractivity contribution in [3.8, 4) is 11.4 Å². The summed E-state index contributed by atoms with van der Waals surface area (Å²) < 4.78 is 23.7. The van der Waals surface area contributed by atoms with Gasteiger partial charge in [0.2, 0.25) is 11.7 Å². The predicted molar refractivity (Wildman–Crippen MR) is 69.4 cm³/mol. The van der Waals surface area contributed by atoms with Crippen LogP contribution in [-0.4, -0.2) is 22.7 Å². The van der Waals surface area contributed by atoms with E-state index in [0.29, 0.717) is 0 Å². The number of aromatic nitrogens is 2. The summed E-state index contributed by atoms with van der Waals surface area (Å²) in [6.07, 6.45) is 0. The molecule has 0 fully saturated rings. The first kappa shape index (κ1) is 14.2. The van der Waals surface area contributed by atoms with Crippen molar-refractivity contribution in [2.75, 3.05) is 6.61 Å². The quantitative estimate of drug-likeness (QED) is 0.804. The monoisotopic (exact) mass is 278 g/mol. The van der Waals surface area contributed by atoms with Gasteiger partial charge in [-0.15, -0.1) is 0 Å². The number of nitrogens with zero attached hydrogens (tertiary/aromatic N) is 2. The molecule has 0 amide bonds. The third-order valence-electron chi connectivity index (χ3n) is 2.86. The van der Waals surface area contributed by atoms with Gasteiger partial charge in [-0.05, 0) is 32.9 Å². The molecule has 2 aromatic rings. The van der Waals surface area contributed by atoms with Gasteiger partial charge in [-0.2, -0.15) is 4.98 Å². The number of hydrogen-bond acceptors (Lipinski definition) is 5. The summed E-state index contributed by atoms with van der Waals surface area (Å²) in [4.78, 5) is 16.0. The second-order valence-corrected chi connectivity index (χ2v) is 4.75. The summed E-state index contributed by atoms with van der Waals surface area (Å²) in [5.41, 5.74) is -0.853. The van der Waals surface area contributed by atoms with E-state index < -0.39 is 17.2 Å². The molecule has 0 atom stereocenters. The second-order valence-electron chi connectivity index (χ2n) is 4.75. The number of hydrogen-bond donors (Lipinski definition) is 0. The zero-order valence-corrected chi connectivity index (χ0v) is 11.5. The van der Waals surface area contributed by atoms with Gasteiger partial charge < -0.3 is 9.26 Å². The lowest BCUT2D eigenvalue weighted by molar-refractivity contribution is -0.149. The summed E-state index contributed by atoms with van der Waals surface area (Å²) in [6.45, 7) is 5.20. The van der Waals surface area contributed by atoms with E-state index in [2.05, 4.69) is 10.1 Å². The maximum absolute atomic E-state index is 13.6. The highest BCUT2D eigenvalue weighted by molar-refractivity contribution is 5.80. The molecule has 0 saturated heterocycles. The van der Waals surface area contributed by atoms with Crippen LogP contribution < -0.4 is 0 Å². The van der Waals surface area contributed by atoms with Crippen molar-refractivity contribution in [3.63, 3.8) is 0 Å². The molecule has 0 N–H and O–H groups in total. The fraction of sp³-hybridized carbons (Fsp3) is 0.357. The van der Waals surface area contributed by atoms with Crippen molar-refractivity contribution in [3.05, 3.63) is 36.0 Å². The van der Waals surface area contributed by atoms with Gasteiger partial charge in [0, 0.05) is 0 Å². The minimum atomic E-state index is -1.08. The van der Waals surface area contributed by atoms with Crippen LogP contribution in [0.1, 0.15) is 26.7 Å². The lowest BCUT2D eigenvalue weighted by atomic mass is 9.94. The van der Waals surface area contributed by atoms with Crippen LogP contribution in [0.15, 0.2) is 28.8 Å². The van der Waals surface area contributed by atoms with Crippen molar-refractivity contribution in [1.82, 2.24) is 10.1 Å². The Morgan fingerprint density at radius 2 is 2.10 bits per heavy atom. The molecular formula is C14H15FN2O3. The average molecular weight is 278 g/mol. The molecule has 1 aromatic heterocycles. The van der Waals surface area contributed by atoms with Gasteiger partial charge in [-0.25, -0.2) is 4.39 Å². The van der Waals surface area contributed by atoms with E-state index in [0.717, 1.165) is 0 Å². The zero-order valence-electron chi connectivity index (χ0n) is 11.5. The van der Waals surface area contributed by atoms with E-state index >= 15 is 0 Å². The SMILES string of the molecule is CCOC(=O)C(C)(C)c1nc(-c2ccccc2F)no1. The first-order chi connectivity index (χ1) is 9.46. The second kappa shape index (κ2) is 5.40. The lowest BCUT2D eigenvalue weighted by Gasteiger charge is -2.16. The molecule has 0 aliphatic carbocycles. The number of ether oxygens (including phenoxy) is 1. The van der Waals surface area contributed by atoms with Crippen LogP contribution in [0, 0.1) is 5.82 Å². The first-order valence-electron chi connectivity index (χ1n) is 6.23. The minimum absolute atomic E-state index is 0.0919. The van der Waals surface area contributed by atoms with E-state index in [4.69, 9.17) is 9.26 Å². The maximum Gasteiger partial charge on any atom is 0.321 e. The largest absolute Gasteiger partial charge is 0.465 e. The van der Waals surface area contributed by atoms with Crippen LogP contribution in [0.2, 0.25) is 0 Å². The fourth-order valence-electron chi connectivity index (χ4n) is 1.63. The number of benzene rings is 1. The van der Waals surface area contributed by atoms with Crippen molar-refractivity contribution >= 4 is 5.97 Å². The molecule has 0 aliphatic rings. The van der Waals surface area contributed by atoms with E-state index in [1.807, 2.05) is 0 Å². The third kappa shape index (κ3) is 2.54. The predicted octanol–water partition coefficient (Wildman–Crippen LogP) is 2.72. The van der Waals surface area contributed by atoms with Crippen LogP contribution in [0.3, 0.4) is 0 Å². The normalized spacial score (nSPS) is 11.4. The van der Waals surface area contributed by atoms with Crippen molar-refractivity contribution in [2.45, 2.75) is 26.2 Å². The highest BCUT2D eigenvalue weighted by Crippen LogP contribution is 2.26. The van der Waals surface area contributed by atoms with Crippen LogP contribution in [0.4, 0.5) is 4.39 Å². The standard InChI is InChI=1S/C14H15FN2O3/c1-4-19-13(18)14(2,3)12-16-11(17-20-12)9-7-5-6-8-10(9)15/h5-8H,4H2,1-3H3.